The maximum atomic E-state index is 3.66. The van der Waals surface area contributed by atoms with Gasteiger partial charge < -0.3 is 0 Å². The Hall–Kier alpha value is -2.39. The predicted octanol–water partition coefficient (Wildman–Crippen LogP) is 9.83. The zero-order chi connectivity index (χ0) is 28.9. The standard InChI is InChI=1S/C27H36N2.C10H13.Au/c1-18(2)22-11-9-12-23(19(3)4)26(22)28-15-16-29(17-28)27-24(20(5)6)13-10-14-25(27)21(7)8;1-10(2,3)9-7-5-4-6-8-9;/h9-16,18-21H,1-8H3;5-8H,1-3H3;/q;-1;. The molecule has 1 heterocycles. The summed E-state index contributed by atoms with van der Waals surface area (Å²) in [5.41, 5.74) is 9.69. The van der Waals surface area contributed by atoms with Gasteiger partial charge in [0, 0.05) is 34.8 Å². The minimum Gasteiger partial charge on any atom is -0.298 e. The second-order valence-corrected chi connectivity index (χ2v) is 12.9. The fourth-order valence-corrected chi connectivity index (χ4v) is 5.03. The van der Waals surface area contributed by atoms with Crippen LogP contribution >= 0.6 is 0 Å². The number of nitrogens with zero attached hydrogens (tertiary/aromatic N) is 2. The third-order valence-electron chi connectivity index (χ3n) is 7.33. The van der Waals surface area contributed by atoms with Gasteiger partial charge in [-0.25, -0.2) is 0 Å². The number of para-hydroxylation sites is 2. The average Bonchev–Trinajstić information content (AvgIpc) is 3.37. The monoisotopic (exact) mass is 718 g/mol. The van der Waals surface area contributed by atoms with E-state index >= 15 is 0 Å². The van der Waals surface area contributed by atoms with Crippen LogP contribution in [0.5, 0.6) is 0 Å². The third kappa shape index (κ3) is 8.09. The van der Waals surface area contributed by atoms with Crippen LogP contribution in [-0.2, 0) is 27.8 Å². The van der Waals surface area contributed by atoms with Gasteiger partial charge in [0.05, 0.1) is 11.4 Å². The first-order chi connectivity index (χ1) is 18.3. The molecule has 0 fully saturated rings. The van der Waals surface area contributed by atoms with Crippen molar-refractivity contribution in [2.24, 2.45) is 0 Å². The molecule has 0 atom stereocenters. The van der Waals surface area contributed by atoms with Crippen LogP contribution in [0, 0.1) is 12.4 Å². The Balaban J connectivity index is 0.000000431. The summed E-state index contributed by atoms with van der Waals surface area (Å²) in [6.45, 7) is 24.8. The van der Waals surface area contributed by atoms with E-state index in [1.807, 2.05) is 12.1 Å². The van der Waals surface area contributed by atoms with Crippen molar-refractivity contribution in [3.8, 4) is 11.4 Å². The van der Waals surface area contributed by atoms with E-state index in [0.717, 1.165) is 0 Å². The van der Waals surface area contributed by atoms with Crippen LogP contribution in [0.25, 0.3) is 11.4 Å². The van der Waals surface area contributed by atoms with E-state index in [9.17, 15) is 0 Å². The van der Waals surface area contributed by atoms with Crippen molar-refractivity contribution in [1.82, 2.24) is 4.57 Å². The van der Waals surface area contributed by atoms with Crippen molar-refractivity contribution in [3.63, 3.8) is 0 Å². The number of hydrogen-bond acceptors (Lipinski definition) is 0. The number of aromatic nitrogens is 2. The molecule has 4 aromatic rings. The van der Waals surface area contributed by atoms with Gasteiger partial charge in [0.2, 0.25) is 0 Å². The van der Waals surface area contributed by atoms with Gasteiger partial charge in [0.1, 0.15) is 0 Å². The minimum atomic E-state index is 0. The molecule has 0 unspecified atom stereocenters. The normalized spacial score (nSPS) is 11.6. The molecule has 4 rings (SSSR count). The van der Waals surface area contributed by atoms with E-state index in [-0.39, 0.29) is 27.8 Å². The Bertz CT molecular complexity index is 1210. The van der Waals surface area contributed by atoms with Crippen molar-refractivity contribution in [3.05, 3.63) is 113 Å². The molecule has 0 saturated heterocycles. The van der Waals surface area contributed by atoms with Crippen molar-refractivity contribution in [2.75, 3.05) is 0 Å². The molecule has 0 aliphatic heterocycles. The molecule has 0 spiro atoms. The summed E-state index contributed by atoms with van der Waals surface area (Å²) in [6, 6.07) is 24.5. The third-order valence-corrected chi connectivity index (χ3v) is 7.33. The smallest absolute Gasteiger partial charge is 0.268 e. The van der Waals surface area contributed by atoms with E-state index in [1.54, 1.807) is 0 Å². The maximum absolute atomic E-state index is 3.66. The molecule has 0 amide bonds. The molecule has 1 radical (unpaired) electrons. The number of benzene rings is 3. The van der Waals surface area contributed by atoms with Crippen LogP contribution in [0.4, 0.5) is 0 Å². The summed E-state index contributed by atoms with van der Waals surface area (Å²) in [4.78, 5) is 0. The van der Waals surface area contributed by atoms with E-state index in [0.29, 0.717) is 23.7 Å². The van der Waals surface area contributed by atoms with Crippen LogP contribution in [0.3, 0.4) is 0 Å². The van der Waals surface area contributed by atoms with Gasteiger partial charge in [-0.3, -0.25) is 9.13 Å². The molecule has 0 aliphatic carbocycles. The average molecular weight is 719 g/mol. The molecular weight excluding hydrogens is 669 g/mol. The number of hydrogen-bond donors (Lipinski definition) is 0. The van der Waals surface area contributed by atoms with E-state index in [4.69, 9.17) is 0 Å². The van der Waals surface area contributed by atoms with Crippen LogP contribution in [0.15, 0.2) is 73.1 Å². The summed E-state index contributed by atoms with van der Waals surface area (Å²) >= 11 is 0. The summed E-state index contributed by atoms with van der Waals surface area (Å²) in [6.07, 6.45) is 7.98. The number of rotatable bonds is 6. The Labute approximate surface area is 260 Å². The van der Waals surface area contributed by atoms with Crippen LogP contribution < -0.4 is 4.57 Å². The van der Waals surface area contributed by atoms with Gasteiger partial charge in [0.25, 0.3) is 6.33 Å². The predicted molar refractivity (Wildman–Crippen MR) is 166 cm³/mol. The second kappa shape index (κ2) is 14.5. The molecule has 3 heteroatoms. The summed E-state index contributed by atoms with van der Waals surface area (Å²) in [5, 5.41) is 0. The Morgan fingerprint density at radius 1 is 0.650 bits per heavy atom. The largest absolute Gasteiger partial charge is 0.298 e. The van der Waals surface area contributed by atoms with Gasteiger partial charge in [-0.2, -0.15) is 35.9 Å². The van der Waals surface area contributed by atoms with Crippen molar-refractivity contribution < 1.29 is 26.9 Å². The molecule has 0 bridgehead atoms. The Morgan fingerprint density at radius 3 is 1.45 bits per heavy atom. The number of imidazole rings is 1. The van der Waals surface area contributed by atoms with Gasteiger partial charge in [-0.05, 0) is 51.3 Å². The molecule has 0 aliphatic rings. The maximum Gasteiger partial charge on any atom is 0.268 e. The first-order valence-corrected chi connectivity index (χ1v) is 14.6. The van der Waals surface area contributed by atoms with Gasteiger partial charge >= 0.3 is 0 Å². The minimum absolute atomic E-state index is 0. The first kappa shape index (κ1) is 33.8. The van der Waals surface area contributed by atoms with Crippen LogP contribution in [0.2, 0.25) is 0 Å². The van der Waals surface area contributed by atoms with Crippen molar-refractivity contribution in [2.45, 2.75) is 105 Å². The summed E-state index contributed by atoms with van der Waals surface area (Å²) in [5.74, 6) is 1.84. The van der Waals surface area contributed by atoms with Gasteiger partial charge in [-0.15, -0.1) is 0 Å². The van der Waals surface area contributed by atoms with E-state index < -0.39 is 0 Å². The molecule has 40 heavy (non-hydrogen) atoms. The van der Waals surface area contributed by atoms with Crippen LogP contribution in [0.1, 0.15) is 128 Å². The molecular formula is C37H49AuN2-. The van der Waals surface area contributed by atoms with Crippen LogP contribution in [-0.4, -0.2) is 4.57 Å². The summed E-state index contributed by atoms with van der Waals surface area (Å²) < 4.78 is 4.40. The topological polar surface area (TPSA) is 8.81 Å². The fraction of sp³-hybridized carbons (Fsp3) is 0.432. The Morgan fingerprint density at radius 2 is 1.07 bits per heavy atom. The molecule has 0 saturated carbocycles. The zero-order valence-corrected chi connectivity index (χ0v) is 28.6. The molecule has 0 N–H and O–H groups in total. The van der Waals surface area contributed by atoms with Gasteiger partial charge in [-0.1, -0.05) is 113 Å². The molecule has 219 valence electrons. The quantitative estimate of drug-likeness (QED) is 0.107. The van der Waals surface area contributed by atoms with Crippen molar-refractivity contribution >= 4 is 0 Å². The molecule has 3 aromatic carbocycles. The van der Waals surface area contributed by atoms with E-state index in [1.165, 1.54) is 39.2 Å². The van der Waals surface area contributed by atoms with E-state index in [2.05, 4.69) is 159 Å². The Kier molecular flexibility index (Phi) is 12.2. The van der Waals surface area contributed by atoms with Gasteiger partial charge in [0.15, 0.2) is 0 Å². The summed E-state index contributed by atoms with van der Waals surface area (Å²) in [7, 11) is 0. The second-order valence-electron chi connectivity index (χ2n) is 12.9. The molecule has 1 aromatic heterocycles. The SMILES string of the molecule is CC(C)(C)c1cc[c-]cc1.CC(C)c1cccc(C(C)C)c1-n1[c-][n+](-c2c(C(C)C)cccc2C(C)C)cc1.[Au]. The first-order valence-electron chi connectivity index (χ1n) is 14.6. The molecule has 2 nitrogen and oxygen atoms in total. The zero-order valence-electron chi connectivity index (χ0n) is 26.4. The van der Waals surface area contributed by atoms with Crippen molar-refractivity contribution in [1.29, 1.82) is 0 Å². The fourth-order valence-electron chi connectivity index (χ4n) is 5.03.